The van der Waals surface area contributed by atoms with E-state index in [1.807, 2.05) is 6.92 Å². The smallest absolute Gasteiger partial charge is 0.261 e. The van der Waals surface area contributed by atoms with Crippen LogP contribution in [0, 0.1) is 13.8 Å². The highest BCUT2D eigenvalue weighted by atomic mass is 32.2. The highest BCUT2D eigenvalue weighted by molar-refractivity contribution is 8.00. The van der Waals surface area contributed by atoms with Crippen LogP contribution in [0.2, 0.25) is 0 Å². The number of hydrogen-bond acceptors (Lipinski definition) is 6. The Morgan fingerprint density at radius 3 is 2.36 bits per heavy atom. The predicted octanol–water partition coefficient (Wildman–Crippen LogP) is 3.82. The van der Waals surface area contributed by atoms with Crippen molar-refractivity contribution >= 4 is 39.2 Å². The van der Waals surface area contributed by atoms with E-state index in [4.69, 9.17) is 4.52 Å². The summed E-state index contributed by atoms with van der Waals surface area (Å²) < 4.78 is 32.2. The first kappa shape index (κ1) is 20.0. The molecule has 2 aromatic carbocycles. The minimum absolute atomic E-state index is 0.195. The normalized spacial score (nSPS) is 11.2. The number of nitrogens with one attached hydrogen (secondary N) is 2. The van der Waals surface area contributed by atoms with Crippen molar-refractivity contribution in [3.05, 3.63) is 65.9 Å². The Bertz CT molecular complexity index is 1060. The van der Waals surface area contributed by atoms with Gasteiger partial charge in [-0.25, -0.2) is 8.42 Å². The van der Waals surface area contributed by atoms with E-state index in [-0.39, 0.29) is 16.6 Å². The van der Waals surface area contributed by atoms with E-state index in [0.29, 0.717) is 17.3 Å². The van der Waals surface area contributed by atoms with Crippen molar-refractivity contribution in [2.75, 3.05) is 15.8 Å². The Balaban J connectivity index is 1.55. The number of benzene rings is 2. The van der Waals surface area contributed by atoms with Crippen LogP contribution < -0.4 is 10.0 Å². The third-order valence-electron chi connectivity index (χ3n) is 3.70. The summed E-state index contributed by atoms with van der Waals surface area (Å²) in [6.45, 7) is 3.64. The average molecular weight is 418 g/mol. The number of anilines is 2. The largest absolute Gasteiger partial charge is 0.360 e. The van der Waals surface area contributed by atoms with Gasteiger partial charge < -0.3 is 9.84 Å². The third kappa shape index (κ3) is 5.37. The van der Waals surface area contributed by atoms with E-state index >= 15 is 0 Å². The lowest BCUT2D eigenvalue weighted by molar-refractivity contribution is -0.113. The topological polar surface area (TPSA) is 101 Å². The predicted molar refractivity (Wildman–Crippen MR) is 109 cm³/mol. The summed E-state index contributed by atoms with van der Waals surface area (Å²) >= 11 is 1.33. The van der Waals surface area contributed by atoms with E-state index in [1.54, 1.807) is 61.5 Å². The summed E-state index contributed by atoms with van der Waals surface area (Å²) in [4.78, 5) is 13.0. The minimum atomic E-state index is -3.64. The van der Waals surface area contributed by atoms with Crippen LogP contribution in [-0.2, 0) is 14.8 Å². The molecule has 0 bridgehead atoms. The SMILES string of the molecule is Cc1ccc(S(=O)(=O)Nc2ccc(SCC(=O)Nc3cc(C)on3)cc2)cc1. The maximum atomic E-state index is 12.4. The first-order valence-corrected chi connectivity index (χ1v) is 10.8. The first-order chi connectivity index (χ1) is 13.3. The fourth-order valence-electron chi connectivity index (χ4n) is 2.30. The summed E-state index contributed by atoms with van der Waals surface area (Å²) in [5.74, 6) is 0.985. The van der Waals surface area contributed by atoms with Crippen LogP contribution in [0.1, 0.15) is 11.3 Å². The number of rotatable bonds is 7. The maximum absolute atomic E-state index is 12.4. The molecule has 146 valence electrons. The molecule has 9 heteroatoms. The molecule has 3 rings (SSSR count). The second-order valence-electron chi connectivity index (χ2n) is 6.10. The highest BCUT2D eigenvalue weighted by Crippen LogP contribution is 2.22. The maximum Gasteiger partial charge on any atom is 0.261 e. The quantitative estimate of drug-likeness (QED) is 0.567. The second-order valence-corrected chi connectivity index (χ2v) is 8.83. The van der Waals surface area contributed by atoms with Gasteiger partial charge in [-0.05, 0) is 50.2 Å². The number of nitrogens with zero attached hydrogens (tertiary/aromatic N) is 1. The Labute approximate surface area is 167 Å². The van der Waals surface area contributed by atoms with Crippen LogP contribution in [0.4, 0.5) is 11.5 Å². The Morgan fingerprint density at radius 2 is 1.75 bits per heavy atom. The lowest BCUT2D eigenvalue weighted by Gasteiger charge is -2.09. The van der Waals surface area contributed by atoms with E-state index in [2.05, 4.69) is 15.2 Å². The molecular weight excluding hydrogens is 398 g/mol. The molecule has 1 heterocycles. The zero-order valence-corrected chi connectivity index (χ0v) is 16.9. The van der Waals surface area contributed by atoms with Gasteiger partial charge in [0.15, 0.2) is 5.82 Å². The number of aryl methyl sites for hydroxylation is 2. The molecule has 0 aliphatic rings. The summed E-state index contributed by atoms with van der Waals surface area (Å²) in [6, 6.07) is 15.1. The first-order valence-electron chi connectivity index (χ1n) is 8.37. The molecule has 0 unspecified atom stereocenters. The highest BCUT2D eigenvalue weighted by Gasteiger charge is 2.14. The fraction of sp³-hybridized carbons (Fsp3) is 0.158. The third-order valence-corrected chi connectivity index (χ3v) is 6.11. The zero-order chi connectivity index (χ0) is 20.1. The number of hydrogen-bond donors (Lipinski definition) is 2. The van der Waals surface area contributed by atoms with E-state index in [0.717, 1.165) is 10.5 Å². The van der Waals surface area contributed by atoms with E-state index in [9.17, 15) is 13.2 Å². The van der Waals surface area contributed by atoms with Crippen LogP contribution in [0.5, 0.6) is 0 Å². The van der Waals surface area contributed by atoms with Gasteiger partial charge in [-0.3, -0.25) is 9.52 Å². The monoisotopic (exact) mass is 417 g/mol. The number of thioether (sulfide) groups is 1. The van der Waals surface area contributed by atoms with Crippen molar-refractivity contribution in [3.63, 3.8) is 0 Å². The molecule has 0 radical (unpaired) electrons. The van der Waals surface area contributed by atoms with Crippen molar-refractivity contribution in [1.82, 2.24) is 5.16 Å². The van der Waals surface area contributed by atoms with Gasteiger partial charge in [0.1, 0.15) is 5.76 Å². The van der Waals surface area contributed by atoms with Crippen molar-refractivity contribution in [2.45, 2.75) is 23.6 Å². The number of carbonyl (C=O) groups is 1. The van der Waals surface area contributed by atoms with Crippen LogP contribution in [0.25, 0.3) is 0 Å². The molecule has 7 nitrogen and oxygen atoms in total. The Hall–Kier alpha value is -2.78. The zero-order valence-electron chi connectivity index (χ0n) is 15.3. The van der Waals surface area contributed by atoms with Gasteiger partial charge in [0.2, 0.25) is 5.91 Å². The summed E-state index contributed by atoms with van der Waals surface area (Å²) in [7, 11) is -3.64. The van der Waals surface area contributed by atoms with E-state index < -0.39 is 10.0 Å². The molecule has 2 N–H and O–H groups in total. The van der Waals surface area contributed by atoms with Crippen molar-refractivity contribution in [1.29, 1.82) is 0 Å². The van der Waals surface area contributed by atoms with Gasteiger partial charge in [0.05, 0.1) is 10.6 Å². The molecule has 1 amide bonds. The van der Waals surface area contributed by atoms with Gasteiger partial charge >= 0.3 is 0 Å². The molecule has 0 aliphatic carbocycles. The molecule has 0 saturated heterocycles. The lowest BCUT2D eigenvalue weighted by atomic mass is 10.2. The Morgan fingerprint density at radius 1 is 1.07 bits per heavy atom. The average Bonchev–Trinajstić information content (AvgIpc) is 3.06. The van der Waals surface area contributed by atoms with Crippen LogP contribution in [-0.4, -0.2) is 25.2 Å². The summed E-state index contributed by atoms with van der Waals surface area (Å²) in [6.07, 6.45) is 0. The van der Waals surface area contributed by atoms with Crippen LogP contribution in [0.15, 0.2) is 68.9 Å². The number of sulfonamides is 1. The molecule has 0 saturated carbocycles. The van der Waals surface area contributed by atoms with Gasteiger partial charge in [-0.1, -0.05) is 22.9 Å². The van der Waals surface area contributed by atoms with Crippen LogP contribution in [0.3, 0.4) is 0 Å². The van der Waals surface area contributed by atoms with Crippen LogP contribution >= 0.6 is 11.8 Å². The van der Waals surface area contributed by atoms with Gasteiger partial charge in [-0.15, -0.1) is 11.8 Å². The fourth-order valence-corrected chi connectivity index (χ4v) is 4.06. The van der Waals surface area contributed by atoms with Gasteiger partial charge in [-0.2, -0.15) is 0 Å². The molecule has 0 fully saturated rings. The molecular formula is C19H19N3O4S2. The molecule has 0 atom stereocenters. The molecule has 0 spiro atoms. The Kier molecular flexibility index (Phi) is 6.05. The van der Waals surface area contributed by atoms with Gasteiger partial charge in [0.25, 0.3) is 10.0 Å². The van der Waals surface area contributed by atoms with Crippen molar-refractivity contribution in [3.8, 4) is 0 Å². The summed E-state index contributed by atoms with van der Waals surface area (Å²) in [5, 5.41) is 6.35. The van der Waals surface area contributed by atoms with E-state index in [1.165, 1.54) is 11.8 Å². The van der Waals surface area contributed by atoms with Gasteiger partial charge in [0, 0.05) is 16.6 Å². The molecule has 1 aromatic heterocycles. The minimum Gasteiger partial charge on any atom is -0.360 e. The molecule has 0 aliphatic heterocycles. The standard InChI is InChI=1S/C19H19N3O4S2/c1-13-3-9-17(10-4-13)28(24,25)22-15-5-7-16(8-6-15)27-12-19(23)20-18-11-14(2)26-21-18/h3-11,22H,12H2,1-2H3,(H,20,21,23). The second kappa shape index (κ2) is 8.49. The lowest BCUT2D eigenvalue weighted by Crippen LogP contribution is -2.14. The van der Waals surface area contributed by atoms with Crippen molar-refractivity contribution < 1.29 is 17.7 Å². The van der Waals surface area contributed by atoms with Crippen molar-refractivity contribution in [2.24, 2.45) is 0 Å². The number of carbonyl (C=O) groups excluding carboxylic acids is 1. The molecule has 28 heavy (non-hydrogen) atoms. The summed E-state index contributed by atoms with van der Waals surface area (Å²) in [5.41, 5.74) is 1.44. The number of aromatic nitrogens is 1. The number of amides is 1. The molecule has 3 aromatic rings.